The van der Waals surface area contributed by atoms with Gasteiger partial charge in [0, 0.05) is 19.3 Å². The van der Waals surface area contributed by atoms with E-state index in [1.54, 1.807) is 18.9 Å². The van der Waals surface area contributed by atoms with Gasteiger partial charge in [0.1, 0.15) is 12.7 Å². The van der Waals surface area contributed by atoms with Crippen molar-refractivity contribution < 1.29 is 4.79 Å². The largest absolute Gasteiger partial charge is 0.336 e. The van der Waals surface area contributed by atoms with Gasteiger partial charge in [-0.3, -0.25) is 9.48 Å². The fourth-order valence-electron chi connectivity index (χ4n) is 3.94. The van der Waals surface area contributed by atoms with Gasteiger partial charge in [-0.05, 0) is 25.7 Å². The summed E-state index contributed by atoms with van der Waals surface area (Å²) in [6, 6.07) is 0.683. The van der Waals surface area contributed by atoms with Crippen molar-refractivity contribution in [1.29, 1.82) is 0 Å². The Balaban J connectivity index is 1.44. The average Bonchev–Trinajstić information content (AvgIpc) is 3.34. The van der Waals surface area contributed by atoms with E-state index in [1.165, 1.54) is 32.1 Å². The molecular weight excluding hydrogens is 304 g/mol. The maximum absolute atomic E-state index is 12.8. The molecule has 7 nitrogen and oxygen atoms in total. The lowest BCUT2D eigenvalue weighted by Crippen LogP contribution is -2.40. The summed E-state index contributed by atoms with van der Waals surface area (Å²) in [6.45, 7) is 1.50. The first-order valence-electron chi connectivity index (χ1n) is 8.99. The summed E-state index contributed by atoms with van der Waals surface area (Å²) in [4.78, 5) is 18.8. The molecule has 0 unspecified atom stereocenters. The lowest BCUT2D eigenvalue weighted by Gasteiger charge is -2.32. The molecule has 24 heavy (non-hydrogen) atoms. The number of hydrogen-bond donors (Lipinski definition) is 0. The molecule has 7 heteroatoms. The third kappa shape index (κ3) is 3.07. The van der Waals surface area contributed by atoms with E-state index in [9.17, 15) is 4.79 Å². The second-order valence-corrected chi connectivity index (χ2v) is 6.92. The smallest absolute Gasteiger partial charge is 0.257 e. The molecule has 2 aromatic rings. The molecule has 3 heterocycles. The predicted molar refractivity (Wildman–Crippen MR) is 88.5 cm³/mol. The van der Waals surface area contributed by atoms with Gasteiger partial charge in [0.25, 0.3) is 5.91 Å². The zero-order valence-corrected chi connectivity index (χ0v) is 13.9. The van der Waals surface area contributed by atoms with E-state index in [0.29, 0.717) is 18.2 Å². The summed E-state index contributed by atoms with van der Waals surface area (Å²) in [7, 11) is 0. The highest BCUT2D eigenvalue weighted by Gasteiger charge is 2.27. The number of aromatic nitrogens is 5. The van der Waals surface area contributed by atoms with Crippen molar-refractivity contribution in [3.63, 3.8) is 0 Å². The standard InChI is InChI=1S/C17H24N6O/c24-17(14-9-19-22(10-14)15-5-2-1-3-6-15)21-8-4-7-16(11-21)23-13-18-12-20-23/h9-10,12-13,15-16H,1-8,11H2/t16-/m0/s1. The van der Waals surface area contributed by atoms with Crippen LogP contribution in [0.2, 0.25) is 0 Å². The Kier molecular flexibility index (Phi) is 4.32. The molecule has 1 aliphatic carbocycles. The van der Waals surface area contributed by atoms with Crippen LogP contribution in [0.4, 0.5) is 0 Å². The number of likely N-dealkylation sites (tertiary alicyclic amines) is 1. The highest BCUT2D eigenvalue weighted by Crippen LogP contribution is 2.28. The first-order valence-corrected chi connectivity index (χ1v) is 8.99. The maximum atomic E-state index is 12.8. The molecule has 0 N–H and O–H groups in total. The Morgan fingerprint density at radius 1 is 1.00 bits per heavy atom. The van der Waals surface area contributed by atoms with Crippen LogP contribution in [-0.4, -0.2) is 48.4 Å². The minimum atomic E-state index is 0.0851. The Morgan fingerprint density at radius 2 is 1.83 bits per heavy atom. The molecule has 0 spiro atoms. The van der Waals surface area contributed by atoms with Crippen molar-refractivity contribution in [3.05, 3.63) is 30.6 Å². The third-order valence-electron chi connectivity index (χ3n) is 5.29. The van der Waals surface area contributed by atoms with E-state index in [-0.39, 0.29) is 11.9 Å². The molecule has 0 aromatic carbocycles. The summed E-state index contributed by atoms with van der Waals surface area (Å²) in [5.41, 5.74) is 0.708. The predicted octanol–water partition coefficient (Wildman–Crippen LogP) is 2.46. The molecule has 1 amide bonds. The molecule has 1 aliphatic heterocycles. The fraction of sp³-hybridized carbons (Fsp3) is 0.647. The molecular formula is C17H24N6O. The topological polar surface area (TPSA) is 68.8 Å². The quantitative estimate of drug-likeness (QED) is 0.868. The van der Waals surface area contributed by atoms with Crippen molar-refractivity contribution in [1.82, 2.24) is 29.4 Å². The van der Waals surface area contributed by atoms with Crippen LogP contribution in [0.5, 0.6) is 0 Å². The average molecular weight is 328 g/mol. The number of carbonyl (C=O) groups excluding carboxylic acids is 1. The molecule has 1 saturated carbocycles. The first kappa shape index (κ1) is 15.4. The number of carbonyl (C=O) groups is 1. The summed E-state index contributed by atoms with van der Waals surface area (Å²) in [5, 5.41) is 8.69. The van der Waals surface area contributed by atoms with Crippen LogP contribution in [0.15, 0.2) is 25.0 Å². The Morgan fingerprint density at radius 3 is 2.62 bits per heavy atom. The normalized spacial score (nSPS) is 22.7. The second-order valence-electron chi connectivity index (χ2n) is 6.92. The highest BCUT2D eigenvalue weighted by atomic mass is 16.2. The van der Waals surface area contributed by atoms with Gasteiger partial charge >= 0.3 is 0 Å². The molecule has 2 aromatic heterocycles. The number of piperidine rings is 1. The van der Waals surface area contributed by atoms with Crippen LogP contribution >= 0.6 is 0 Å². The van der Waals surface area contributed by atoms with Crippen molar-refractivity contribution in [2.75, 3.05) is 13.1 Å². The van der Waals surface area contributed by atoms with E-state index >= 15 is 0 Å². The van der Waals surface area contributed by atoms with Crippen molar-refractivity contribution in [2.45, 2.75) is 57.0 Å². The van der Waals surface area contributed by atoms with E-state index in [1.807, 2.05) is 20.5 Å². The number of rotatable bonds is 3. The molecule has 1 saturated heterocycles. The zero-order chi connectivity index (χ0) is 16.4. The lowest BCUT2D eigenvalue weighted by molar-refractivity contribution is 0.0672. The van der Waals surface area contributed by atoms with Gasteiger partial charge in [-0.25, -0.2) is 9.67 Å². The van der Waals surface area contributed by atoms with E-state index in [0.717, 1.165) is 19.4 Å². The molecule has 2 fully saturated rings. The van der Waals surface area contributed by atoms with Crippen molar-refractivity contribution in [3.8, 4) is 0 Å². The van der Waals surface area contributed by atoms with Gasteiger partial charge in [0.2, 0.25) is 0 Å². The van der Waals surface area contributed by atoms with Gasteiger partial charge in [-0.15, -0.1) is 0 Å². The summed E-state index contributed by atoms with van der Waals surface area (Å²) in [6.07, 6.45) is 15.2. The minimum Gasteiger partial charge on any atom is -0.336 e. The molecule has 0 bridgehead atoms. The van der Waals surface area contributed by atoms with Crippen LogP contribution < -0.4 is 0 Å². The van der Waals surface area contributed by atoms with Crippen LogP contribution in [-0.2, 0) is 0 Å². The molecule has 1 atom stereocenters. The fourth-order valence-corrected chi connectivity index (χ4v) is 3.94. The minimum absolute atomic E-state index is 0.0851. The van der Waals surface area contributed by atoms with Crippen LogP contribution in [0.25, 0.3) is 0 Å². The summed E-state index contributed by atoms with van der Waals surface area (Å²) in [5.74, 6) is 0.0851. The highest BCUT2D eigenvalue weighted by molar-refractivity contribution is 5.93. The number of amides is 1. The van der Waals surface area contributed by atoms with E-state index < -0.39 is 0 Å². The van der Waals surface area contributed by atoms with Gasteiger partial charge in [-0.1, -0.05) is 19.3 Å². The maximum Gasteiger partial charge on any atom is 0.257 e. The number of nitrogens with zero attached hydrogens (tertiary/aromatic N) is 6. The van der Waals surface area contributed by atoms with Gasteiger partial charge in [0.05, 0.1) is 23.8 Å². The van der Waals surface area contributed by atoms with E-state index in [2.05, 4.69) is 15.2 Å². The first-order chi connectivity index (χ1) is 11.8. The Labute approximate surface area is 141 Å². The number of hydrogen-bond acceptors (Lipinski definition) is 4. The zero-order valence-electron chi connectivity index (χ0n) is 13.9. The molecule has 0 radical (unpaired) electrons. The molecule has 4 rings (SSSR count). The van der Waals surface area contributed by atoms with Crippen LogP contribution in [0, 0.1) is 0 Å². The van der Waals surface area contributed by atoms with Gasteiger partial charge < -0.3 is 4.90 Å². The molecule has 128 valence electrons. The molecule has 2 aliphatic rings. The third-order valence-corrected chi connectivity index (χ3v) is 5.29. The van der Waals surface area contributed by atoms with Crippen LogP contribution in [0.1, 0.15) is 67.4 Å². The lowest BCUT2D eigenvalue weighted by atomic mass is 9.96. The Hall–Kier alpha value is -2.18. The van der Waals surface area contributed by atoms with E-state index in [4.69, 9.17) is 0 Å². The van der Waals surface area contributed by atoms with Gasteiger partial charge in [0.15, 0.2) is 0 Å². The SMILES string of the molecule is O=C(c1cnn(C2CCCCC2)c1)N1CCC[C@H](n2cncn2)C1. The summed E-state index contributed by atoms with van der Waals surface area (Å²) >= 11 is 0. The van der Waals surface area contributed by atoms with Crippen molar-refractivity contribution in [2.24, 2.45) is 0 Å². The van der Waals surface area contributed by atoms with Crippen LogP contribution in [0.3, 0.4) is 0 Å². The monoisotopic (exact) mass is 328 g/mol. The van der Waals surface area contributed by atoms with Crippen molar-refractivity contribution >= 4 is 5.91 Å². The summed E-state index contributed by atoms with van der Waals surface area (Å²) < 4.78 is 3.87. The van der Waals surface area contributed by atoms with Gasteiger partial charge in [-0.2, -0.15) is 10.2 Å². The second kappa shape index (κ2) is 6.75. The Bertz CT molecular complexity index is 673.